The van der Waals surface area contributed by atoms with Gasteiger partial charge >= 0.3 is 5.97 Å². The Morgan fingerprint density at radius 3 is 2.43 bits per heavy atom. The first-order valence-electron chi connectivity index (χ1n) is 8.43. The second-order valence-corrected chi connectivity index (χ2v) is 7.95. The summed E-state index contributed by atoms with van der Waals surface area (Å²) in [7, 11) is 0. The van der Waals surface area contributed by atoms with Gasteiger partial charge in [-0.1, -0.05) is 23.7 Å². The van der Waals surface area contributed by atoms with Crippen LogP contribution in [0.3, 0.4) is 0 Å². The number of anilines is 1. The van der Waals surface area contributed by atoms with Gasteiger partial charge in [-0.3, -0.25) is 4.79 Å². The van der Waals surface area contributed by atoms with Gasteiger partial charge < -0.3 is 15.2 Å². The molecule has 0 unspecified atom stereocenters. The third-order valence-electron chi connectivity index (χ3n) is 4.00. The van der Waals surface area contributed by atoms with Crippen LogP contribution in [0.1, 0.15) is 23.5 Å². The van der Waals surface area contributed by atoms with Crippen molar-refractivity contribution in [3.05, 3.63) is 69.9 Å². The maximum Gasteiger partial charge on any atom is 0.345 e. The highest BCUT2D eigenvalue weighted by Crippen LogP contribution is 2.28. The number of hydrogen-bond donors (Lipinski definition) is 2. The Balaban J connectivity index is 1.74. The van der Waals surface area contributed by atoms with Gasteiger partial charge in [-0.25, -0.2) is 4.79 Å². The van der Waals surface area contributed by atoms with Gasteiger partial charge in [0.2, 0.25) is 0 Å². The lowest BCUT2D eigenvalue weighted by Gasteiger charge is -2.25. The van der Waals surface area contributed by atoms with Crippen LogP contribution in [0.4, 0.5) is 5.69 Å². The summed E-state index contributed by atoms with van der Waals surface area (Å²) < 4.78 is 5.80. The van der Waals surface area contributed by atoms with Gasteiger partial charge in [0.05, 0.1) is 0 Å². The van der Waals surface area contributed by atoms with Gasteiger partial charge in [0.15, 0.2) is 5.60 Å². The van der Waals surface area contributed by atoms with E-state index in [1.807, 2.05) is 6.07 Å². The minimum atomic E-state index is -1.11. The topological polar surface area (TPSA) is 75.6 Å². The van der Waals surface area contributed by atoms with Crippen LogP contribution in [-0.4, -0.2) is 22.6 Å². The summed E-state index contributed by atoms with van der Waals surface area (Å²) in [4.78, 5) is 24.0. The van der Waals surface area contributed by atoms with Crippen LogP contribution < -0.4 is 10.1 Å². The predicted octanol–water partition coefficient (Wildman–Crippen LogP) is 5.56. The Morgan fingerprint density at radius 1 is 1.07 bits per heavy atom. The smallest absolute Gasteiger partial charge is 0.345 e. The summed E-state index contributed by atoms with van der Waals surface area (Å²) in [6, 6.07) is 15.6. The molecule has 3 aromatic rings. The third kappa shape index (κ3) is 4.71. The van der Waals surface area contributed by atoms with Gasteiger partial charge in [-0.2, -0.15) is 0 Å². The molecule has 5 nitrogen and oxygen atoms in total. The van der Waals surface area contributed by atoms with Crippen molar-refractivity contribution < 1.29 is 19.4 Å². The number of ether oxygens (including phenoxy) is 1. The first kappa shape index (κ1) is 19.9. The largest absolute Gasteiger partial charge is 0.478 e. The minimum Gasteiger partial charge on any atom is -0.478 e. The number of rotatable bonds is 6. The monoisotopic (exact) mass is 415 g/mol. The summed E-state index contributed by atoms with van der Waals surface area (Å²) in [5.74, 6) is -0.726. The van der Waals surface area contributed by atoms with Gasteiger partial charge in [-0.05, 0) is 72.8 Å². The van der Waals surface area contributed by atoms with E-state index < -0.39 is 11.6 Å². The number of nitrogens with one attached hydrogen (secondary N) is 1. The molecule has 0 radical (unpaired) electrons. The number of amides is 1. The lowest BCUT2D eigenvalue weighted by atomic mass is 10.1. The molecule has 0 spiro atoms. The van der Waals surface area contributed by atoms with Crippen molar-refractivity contribution in [1.29, 1.82) is 0 Å². The van der Waals surface area contributed by atoms with Crippen LogP contribution in [0.5, 0.6) is 5.75 Å². The highest BCUT2D eigenvalue weighted by molar-refractivity contribution is 7.12. The molecule has 1 heterocycles. The highest BCUT2D eigenvalue weighted by atomic mass is 35.5. The Bertz CT molecular complexity index is 1010. The average Bonchev–Trinajstić information content (AvgIpc) is 3.14. The molecule has 144 valence electrons. The van der Waals surface area contributed by atoms with Crippen molar-refractivity contribution in [1.82, 2.24) is 0 Å². The Morgan fingerprint density at radius 2 is 1.79 bits per heavy atom. The molecule has 0 aliphatic heterocycles. The van der Waals surface area contributed by atoms with E-state index in [0.29, 0.717) is 16.5 Å². The average molecular weight is 416 g/mol. The van der Waals surface area contributed by atoms with E-state index in [4.69, 9.17) is 21.4 Å². The standard InChI is InChI=1S/C21H18ClNO4S/c1-21(2,27-17-8-6-15(22)7-9-17)20(26)23-16-5-3-4-13(10-16)14-11-18(19(24)25)28-12-14/h3-12H,1-2H3,(H,23,26)(H,24,25). The molecule has 1 amide bonds. The summed E-state index contributed by atoms with van der Waals surface area (Å²) in [6.45, 7) is 3.36. The van der Waals surface area contributed by atoms with Gasteiger partial charge in [0.1, 0.15) is 10.6 Å². The summed E-state index contributed by atoms with van der Waals surface area (Å²) in [5.41, 5.74) is 1.09. The van der Waals surface area contributed by atoms with E-state index >= 15 is 0 Å². The quantitative estimate of drug-likeness (QED) is 0.552. The molecule has 7 heteroatoms. The molecule has 0 aliphatic rings. The molecule has 2 aromatic carbocycles. The maximum absolute atomic E-state index is 12.7. The van der Waals surface area contributed by atoms with Crippen LogP contribution >= 0.6 is 22.9 Å². The number of carbonyl (C=O) groups excluding carboxylic acids is 1. The zero-order valence-corrected chi connectivity index (χ0v) is 16.8. The molecular weight excluding hydrogens is 398 g/mol. The number of halogens is 1. The molecule has 28 heavy (non-hydrogen) atoms. The zero-order chi connectivity index (χ0) is 20.3. The minimum absolute atomic E-state index is 0.266. The number of benzene rings is 2. The Labute approximate surface area is 171 Å². The Hall–Kier alpha value is -2.83. The number of carboxylic acid groups (broad SMARTS) is 1. The highest BCUT2D eigenvalue weighted by Gasteiger charge is 2.30. The molecule has 0 bridgehead atoms. The number of carbonyl (C=O) groups is 2. The van der Waals surface area contributed by atoms with Crippen molar-refractivity contribution in [3.8, 4) is 16.9 Å². The Kier molecular flexibility index (Phi) is 5.72. The second kappa shape index (κ2) is 8.04. The van der Waals surface area contributed by atoms with Crippen LogP contribution in [-0.2, 0) is 4.79 Å². The number of thiophene rings is 1. The van der Waals surface area contributed by atoms with Gasteiger partial charge in [-0.15, -0.1) is 11.3 Å². The predicted molar refractivity (Wildman–Crippen MR) is 112 cm³/mol. The fraction of sp³-hybridized carbons (Fsp3) is 0.143. The maximum atomic E-state index is 12.7. The van der Waals surface area contributed by atoms with Crippen molar-refractivity contribution in [2.45, 2.75) is 19.4 Å². The fourth-order valence-electron chi connectivity index (χ4n) is 2.50. The van der Waals surface area contributed by atoms with E-state index in [1.54, 1.807) is 67.8 Å². The first-order valence-corrected chi connectivity index (χ1v) is 9.69. The van der Waals surface area contributed by atoms with Gasteiger partial charge in [0, 0.05) is 10.7 Å². The SMILES string of the molecule is CC(C)(Oc1ccc(Cl)cc1)C(=O)Nc1cccc(-c2csc(C(=O)O)c2)c1. The summed E-state index contributed by atoms with van der Waals surface area (Å²) >= 11 is 7.03. The molecule has 0 saturated heterocycles. The zero-order valence-electron chi connectivity index (χ0n) is 15.2. The third-order valence-corrected chi connectivity index (χ3v) is 5.17. The molecule has 0 fully saturated rings. The van der Waals surface area contributed by atoms with Crippen molar-refractivity contribution in [2.75, 3.05) is 5.32 Å². The second-order valence-electron chi connectivity index (χ2n) is 6.61. The molecule has 0 atom stereocenters. The molecule has 1 aromatic heterocycles. The lowest BCUT2D eigenvalue weighted by Crippen LogP contribution is -2.42. The van der Waals surface area contributed by atoms with E-state index in [1.165, 1.54) is 0 Å². The fourth-order valence-corrected chi connectivity index (χ4v) is 3.38. The molecule has 0 aliphatic carbocycles. The van der Waals surface area contributed by atoms with Crippen LogP contribution in [0.2, 0.25) is 5.02 Å². The molecule has 2 N–H and O–H groups in total. The van der Waals surface area contributed by atoms with Crippen molar-refractivity contribution >= 4 is 40.5 Å². The van der Waals surface area contributed by atoms with Crippen LogP contribution in [0.15, 0.2) is 60.0 Å². The first-order chi connectivity index (χ1) is 13.2. The number of carboxylic acids is 1. The van der Waals surface area contributed by atoms with E-state index in [-0.39, 0.29) is 10.8 Å². The number of hydrogen-bond acceptors (Lipinski definition) is 4. The molecule has 3 rings (SSSR count). The van der Waals surface area contributed by atoms with E-state index in [0.717, 1.165) is 22.5 Å². The number of aromatic carboxylic acids is 1. The normalized spacial score (nSPS) is 11.1. The van der Waals surface area contributed by atoms with Gasteiger partial charge in [0.25, 0.3) is 5.91 Å². The lowest BCUT2D eigenvalue weighted by molar-refractivity contribution is -0.128. The van der Waals surface area contributed by atoms with Crippen molar-refractivity contribution in [3.63, 3.8) is 0 Å². The summed E-state index contributed by atoms with van der Waals surface area (Å²) in [5, 5.41) is 14.3. The van der Waals surface area contributed by atoms with E-state index in [9.17, 15) is 9.59 Å². The molecular formula is C21H18ClNO4S. The molecule has 0 saturated carbocycles. The van der Waals surface area contributed by atoms with E-state index in [2.05, 4.69) is 5.32 Å². The van der Waals surface area contributed by atoms with Crippen LogP contribution in [0, 0.1) is 0 Å². The summed E-state index contributed by atoms with van der Waals surface area (Å²) in [6.07, 6.45) is 0. The van der Waals surface area contributed by atoms with Crippen LogP contribution in [0.25, 0.3) is 11.1 Å². The van der Waals surface area contributed by atoms with Crippen molar-refractivity contribution in [2.24, 2.45) is 0 Å².